The smallest absolute Gasteiger partial charge is 0.407 e. The van der Waals surface area contributed by atoms with Gasteiger partial charge in [-0.1, -0.05) is 30.3 Å². The Morgan fingerprint density at radius 3 is 2.48 bits per heavy atom. The average molecular weight is 332 g/mol. The van der Waals surface area contributed by atoms with Crippen molar-refractivity contribution < 1.29 is 27.8 Å². The first-order chi connectivity index (χ1) is 10.9. The number of ether oxygens (including phenoxy) is 1. The van der Waals surface area contributed by atoms with Gasteiger partial charge in [-0.05, 0) is 18.4 Å². The van der Waals surface area contributed by atoms with Gasteiger partial charge in [-0.15, -0.1) is 0 Å². The molecule has 1 saturated carbocycles. The molecule has 0 heterocycles. The number of benzene rings is 1. The molecule has 2 rings (SSSR count). The number of alkyl halides is 3. The molecule has 1 aromatic carbocycles. The fourth-order valence-corrected chi connectivity index (χ4v) is 2.34. The van der Waals surface area contributed by atoms with E-state index in [1.54, 1.807) is 0 Å². The summed E-state index contributed by atoms with van der Waals surface area (Å²) in [6.45, 7) is -0.862. The topological polar surface area (TPSA) is 70.6 Å². The maximum absolute atomic E-state index is 12.5. The summed E-state index contributed by atoms with van der Waals surface area (Å²) in [6, 6.07) is 6.63. The van der Waals surface area contributed by atoms with Crippen LogP contribution in [-0.2, 0) is 11.3 Å². The van der Waals surface area contributed by atoms with Gasteiger partial charge in [0.25, 0.3) is 0 Å². The number of carbonyl (C=O) groups excluding carboxylic acids is 1. The summed E-state index contributed by atoms with van der Waals surface area (Å²) in [4.78, 5) is 11.6. The van der Waals surface area contributed by atoms with E-state index in [1.807, 2.05) is 30.3 Å². The third-order valence-corrected chi connectivity index (χ3v) is 3.69. The van der Waals surface area contributed by atoms with E-state index in [9.17, 15) is 18.0 Å². The summed E-state index contributed by atoms with van der Waals surface area (Å²) in [5, 5.41) is 13.7. The average Bonchev–Trinajstić information content (AvgIpc) is 2.47. The molecule has 0 aliphatic heterocycles. The third kappa shape index (κ3) is 5.40. The Labute approximate surface area is 131 Å². The largest absolute Gasteiger partial charge is 0.445 e. The van der Waals surface area contributed by atoms with Gasteiger partial charge in [0.2, 0.25) is 0 Å². The molecule has 1 aliphatic rings. The van der Waals surface area contributed by atoms with Crippen molar-refractivity contribution in [3.8, 4) is 0 Å². The SMILES string of the molecule is O=C(N[C@H]1C[C@@H](N[C@H](CO)C(F)(F)F)C1)OCc1ccccc1. The van der Waals surface area contributed by atoms with Crippen molar-refractivity contribution in [2.24, 2.45) is 0 Å². The predicted molar refractivity (Wildman–Crippen MR) is 76.6 cm³/mol. The second kappa shape index (κ2) is 7.65. The van der Waals surface area contributed by atoms with E-state index in [0.717, 1.165) is 5.56 Å². The van der Waals surface area contributed by atoms with Crippen LogP contribution in [0.25, 0.3) is 0 Å². The van der Waals surface area contributed by atoms with Crippen molar-refractivity contribution in [2.45, 2.75) is 43.8 Å². The van der Waals surface area contributed by atoms with Gasteiger partial charge in [-0.3, -0.25) is 0 Å². The molecule has 1 amide bonds. The summed E-state index contributed by atoms with van der Waals surface area (Å²) >= 11 is 0. The summed E-state index contributed by atoms with van der Waals surface area (Å²) in [5.41, 5.74) is 0.853. The van der Waals surface area contributed by atoms with Gasteiger partial charge in [-0.25, -0.2) is 4.79 Å². The maximum Gasteiger partial charge on any atom is 0.407 e. The fraction of sp³-hybridized carbons (Fsp3) is 0.533. The molecular weight excluding hydrogens is 313 g/mol. The first-order valence-electron chi connectivity index (χ1n) is 7.29. The number of nitrogens with one attached hydrogen (secondary N) is 2. The lowest BCUT2D eigenvalue weighted by Crippen LogP contribution is -2.58. The van der Waals surface area contributed by atoms with Crippen molar-refractivity contribution in [1.82, 2.24) is 10.6 Å². The number of amides is 1. The molecular formula is C15H19F3N2O3. The van der Waals surface area contributed by atoms with Crippen molar-refractivity contribution >= 4 is 6.09 Å². The minimum atomic E-state index is -4.48. The van der Waals surface area contributed by atoms with Gasteiger partial charge in [-0.2, -0.15) is 13.2 Å². The molecule has 3 N–H and O–H groups in total. The predicted octanol–water partition coefficient (Wildman–Crippen LogP) is 1.96. The molecule has 0 aromatic heterocycles. The second-order valence-corrected chi connectivity index (χ2v) is 5.51. The normalized spacial score (nSPS) is 22.1. The highest BCUT2D eigenvalue weighted by Gasteiger charge is 2.42. The van der Waals surface area contributed by atoms with E-state index < -0.39 is 24.9 Å². The molecule has 0 spiro atoms. The quantitative estimate of drug-likeness (QED) is 0.745. The highest BCUT2D eigenvalue weighted by molar-refractivity contribution is 5.67. The van der Waals surface area contributed by atoms with Crippen LogP contribution in [-0.4, -0.2) is 42.1 Å². The molecule has 5 nitrogen and oxygen atoms in total. The number of aliphatic hydroxyl groups excluding tert-OH is 1. The highest BCUT2D eigenvalue weighted by atomic mass is 19.4. The molecule has 23 heavy (non-hydrogen) atoms. The number of rotatable bonds is 6. The van der Waals surface area contributed by atoms with Crippen LogP contribution in [0.2, 0.25) is 0 Å². The molecule has 0 saturated heterocycles. The molecule has 1 aliphatic carbocycles. The Morgan fingerprint density at radius 2 is 1.91 bits per heavy atom. The van der Waals surface area contributed by atoms with Gasteiger partial charge in [0, 0.05) is 12.1 Å². The van der Waals surface area contributed by atoms with Crippen LogP contribution >= 0.6 is 0 Å². The number of hydrogen-bond donors (Lipinski definition) is 3. The van der Waals surface area contributed by atoms with E-state index in [0.29, 0.717) is 12.8 Å². The zero-order chi connectivity index (χ0) is 16.9. The van der Waals surface area contributed by atoms with Gasteiger partial charge in [0.05, 0.1) is 6.61 Å². The lowest BCUT2D eigenvalue weighted by molar-refractivity contribution is -0.167. The Morgan fingerprint density at radius 1 is 1.26 bits per heavy atom. The van der Waals surface area contributed by atoms with Crippen LogP contribution in [0.15, 0.2) is 30.3 Å². The number of carbonyl (C=O) groups is 1. The summed E-state index contributed by atoms with van der Waals surface area (Å²) in [5.74, 6) is 0. The van der Waals surface area contributed by atoms with Crippen LogP contribution in [0.4, 0.5) is 18.0 Å². The number of aliphatic hydroxyl groups is 1. The molecule has 1 fully saturated rings. The van der Waals surface area contributed by atoms with Gasteiger partial charge in [0.1, 0.15) is 12.6 Å². The highest BCUT2D eigenvalue weighted by Crippen LogP contribution is 2.25. The van der Waals surface area contributed by atoms with E-state index >= 15 is 0 Å². The number of halogens is 3. The van der Waals surface area contributed by atoms with Crippen LogP contribution in [0, 0.1) is 0 Å². The molecule has 0 unspecified atom stereocenters. The van der Waals surface area contributed by atoms with E-state index in [-0.39, 0.29) is 18.7 Å². The zero-order valence-electron chi connectivity index (χ0n) is 12.3. The number of hydrogen-bond acceptors (Lipinski definition) is 4. The van der Waals surface area contributed by atoms with Crippen LogP contribution < -0.4 is 10.6 Å². The number of alkyl carbamates (subject to hydrolysis) is 1. The first kappa shape index (κ1) is 17.6. The summed E-state index contributed by atoms with van der Waals surface area (Å²) < 4.78 is 42.5. The summed E-state index contributed by atoms with van der Waals surface area (Å²) in [6.07, 6.45) is -4.34. The molecule has 128 valence electrons. The molecule has 0 radical (unpaired) electrons. The lowest BCUT2D eigenvalue weighted by atomic mass is 9.86. The van der Waals surface area contributed by atoms with Crippen LogP contribution in [0.5, 0.6) is 0 Å². The molecule has 0 bridgehead atoms. The Kier molecular flexibility index (Phi) is 5.84. The molecule has 1 aromatic rings. The molecule has 8 heteroatoms. The Hall–Kier alpha value is -1.80. The molecule has 1 atom stereocenters. The first-order valence-corrected chi connectivity index (χ1v) is 7.29. The van der Waals surface area contributed by atoms with Crippen molar-refractivity contribution in [3.63, 3.8) is 0 Å². The maximum atomic E-state index is 12.5. The van der Waals surface area contributed by atoms with Crippen LogP contribution in [0.3, 0.4) is 0 Å². The zero-order valence-corrected chi connectivity index (χ0v) is 12.3. The van der Waals surface area contributed by atoms with Crippen molar-refractivity contribution in [2.75, 3.05) is 6.61 Å². The van der Waals surface area contributed by atoms with Gasteiger partial charge < -0.3 is 20.5 Å². The van der Waals surface area contributed by atoms with Gasteiger partial charge in [0.15, 0.2) is 0 Å². The second-order valence-electron chi connectivity index (χ2n) is 5.51. The lowest BCUT2D eigenvalue weighted by Gasteiger charge is -2.38. The van der Waals surface area contributed by atoms with E-state index in [1.165, 1.54) is 0 Å². The standard InChI is InChI=1S/C15H19F3N2O3/c16-15(17,18)13(8-21)19-11-6-12(7-11)20-14(22)23-9-10-4-2-1-3-5-10/h1-5,11-13,19,21H,6-9H2,(H,20,22)/t11-,12+,13-/m1/s1. The third-order valence-electron chi connectivity index (χ3n) is 3.69. The van der Waals surface area contributed by atoms with Gasteiger partial charge >= 0.3 is 12.3 Å². The Bertz CT molecular complexity index is 504. The summed E-state index contributed by atoms with van der Waals surface area (Å²) in [7, 11) is 0. The van der Waals surface area contributed by atoms with E-state index in [4.69, 9.17) is 9.84 Å². The fourth-order valence-electron chi connectivity index (χ4n) is 2.34. The van der Waals surface area contributed by atoms with Crippen molar-refractivity contribution in [1.29, 1.82) is 0 Å². The van der Waals surface area contributed by atoms with Crippen molar-refractivity contribution in [3.05, 3.63) is 35.9 Å². The van der Waals surface area contributed by atoms with E-state index in [2.05, 4.69) is 10.6 Å². The minimum absolute atomic E-state index is 0.141. The minimum Gasteiger partial charge on any atom is -0.445 e. The van der Waals surface area contributed by atoms with Crippen LogP contribution in [0.1, 0.15) is 18.4 Å². The Balaban J connectivity index is 1.64. The monoisotopic (exact) mass is 332 g/mol.